The van der Waals surface area contributed by atoms with Crippen LogP contribution in [-0.4, -0.2) is 56.4 Å². The van der Waals surface area contributed by atoms with Crippen LogP contribution >= 0.6 is 0 Å². The number of benzene rings is 1. The molecule has 0 saturated carbocycles. The van der Waals surface area contributed by atoms with E-state index >= 15 is 0 Å². The minimum atomic E-state index is -0.137. The Labute approximate surface area is 228 Å². The number of nitrogens with zero attached hydrogens (tertiary/aromatic N) is 6. The number of carbonyl (C=O) groups excluding carboxylic acids is 1. The molecular weight excluding hydrogens is 494 g/mol. The molecule has 0 spiro atoms. The Bertz CT molecular complexity index is 1470. The summed E-state index contributed by atoms with van der Waals surface area (Å²) in [5.74, 6) is 0.683. The third-order valence-corrected chi connectivity index (χ3v) is 6.59. The van der Waals surface area contributed by atoms with Crippen LogP contribution in [0.4, 0.5) is 11.5 Å². The number of nitrogens with two attached hydrogens (primary N) is 1. The highest BCUT2D eigenvalue weighted by Gasteiger charge is 2.20. The van der Waals surface area contributed by atoms with Gasteiger partial charge >= 0.3 is 0 Å². The van der Waals surface area contributed by atoms with E-state index in [1.807, 2.05) is 48.1 Å². The molecule has 1 atom stereocenters. The second-order valence-electron chi connectivity index (χ2n) is 9.21. The molecule has 0 fully saturated rings. The van der Waals surface area contributed by atoms with Gasteiger partial charge in [0.2, 0.25) is 0 Å². The van der Waals surface area contributed by atoms with E-state index in [4.69, 9.17) is 15.7 Å². The fourth-order valence-corrected chi connectivity index (χ4v) is 4.39. The SMILES string of the molecule is CCc1cc(Nc2nccn3c(-c4cn(CC#N)nc4C(C)CC)cnc23)ccc1C(=O)NCCOCCN. The molecular formula is C28H35N9O2. The Morgan fingerprint density at radius 3 is 2.85 bits per heavy atom. The third kappa shape index (κ3) is 6.25. The summed E-state index contributed by atoms with van der Waals surface area (Å²) in [5.41, 5.74) is 11.2. The van der Waals surface area contributed by atoms with Crippen LogP contribution < -0.4 is 16.4 Å². The molecule has 204 valence electrons. The van der Waals surface area contributed by atoms with Gasteiger partial charge in [-0.1, -0.05) is 20.8 Å². The van der Waals surface area contributed by atoms with Crippen molar-refractivity contribution in [2.45, 2.75) is 46.1 Å². The second-order valence-corrected chi connectivity index (χ2v) is 9.21. The number of ether oxygens (including phenoxy) is 1. The topological polar surface area (TPSA) is 148 Å². The number of aromatic nitrogens is 5. The van der Waals surface area contributed by atoms with Crippen molar-refractivity contribution in [3.8, 4) is 17.3 Å². The lowest BCUT2D eigenvalue weighted by Crippen LogP contribution is -2.28. The van der Waals surface area contributed by atoms with Gasteiger partial charge in [-0.05, 0) is 36.6 Å². The van der Waals surface area contributed by atoms with E-state index < -0.39 is 0 Å². The van der Waals surface area contributed by atoms with Gasteiger partial charge in [-0.25, -0.2) is 9.97 Å². The third-order valence-electron chi connectivity index (χ3n) is 6.59. The molecule has 0 radical (unpaired) electrons. The standard InChI is InChI=1S/C28H35N9O2/c1-4-19(3)25-23(18-36(35-25)12-8-29)24-17-33-27-26(31-10-13-37(24)27)34-21-6-7-22(20(5-2)16-21)28(38)32-11-15-39-14-9-30/h6-7,10,13,16-19H,4-5,9,11-12,14-15,30H2,1-3H3,(H,31,34)(H,32,38). The molecule has 4 aromatic rings. The zero-order chi connectivity index (χ0) is 27.8. The molecule has 0 bridgehead atoms. The summed E-state index contributed by atoms with van der Waals surface area (Å²) in [6.07, 6.45) is 8.93. The Hall–Kier alpha value is -4.27. The van der Waals surface area contributed by atoms with Crippen LogP contribution in [0.5, 0.6) is 0 Å². The van der Waals surface area contributed by atoms with E-state index in [0.29, 0.717) is 49.8 Å². The van der Waals surface area contributed by atoms with Gasteiger partial charge in [0.25, 0.3) is 5.91 Å². The number of rotatable bonds is 13. The van der Waals surface area contributed by atoms with Gasteiger partial charge in [0.1, 0.15) is 6.54 Å². The molecule has 0 aliphatic rings. The molecule has 3 heterocycles. The predicted molar refractivity (Wildman–Crippen MR) is 150 cm³/mol. The maximum Gasteiger partial charge on any atom is 0.251 e. The van der Waals surface area contributed by atoms with Crippen molar-refractivity contribution in [2.75, 3.05) is 31.6 Å². The molecule has 0 saturated heterocycles. The number of carbonyl (C=O) groups is 1. The lowest BCUT2D eigenvalue weighted by molar-refractivity contribution is 0.0919. The average Bonchev–Trinajstić information content (AvgIpc) is 3.57. The Kier molecular flexibility index (Phi) is 9.25. The van der Waals surface area contributed by atoms with E-state index in [-0.39, 0.29) is 18.4 Å². The predicted octanol–water partition coefficient (Wildman–Crippen LogP) is 3.64. The smallest absolute Gasteiger partial charge is 0.251 e. The molecule has 3 aromatic heterocycles. The molecule has 1 aromatic carbocycles. The second kappa shape index (κ2) is 13.0. The van der Waals surface area contributed by atoms with Crippen LogP contribution in [0.3, 0.4) is 0 Å². The van der Waals surface area contributed by atoms with Gasteiger partial charge in [0, 0.05) is 54.4 Å². The number of fused-ring (bicyclic) bond motifs is 1. The Morgan fingerprint density at radius 2 is 2.10 bits per heavy atom. The van der Waals surface area contributed by atoms with E-state index in [1.165, 1.54) is 0 Å². The van der Waals surface area contributed by atoms with Crippen molar-refractivity contribution in [1.82, 2.24) is 29.5 Å². The zero-order valence-electron chi connectivity index (χ0n) is 22.6. The van der Waals surface area contributed by atoms with Crippen LogP contribution in [0, 0.1) is 11.3 Å². The lowest BCUT2D eigenvalue weighted by atomic mass is 10.0. The lowest BCUT2D eigenvalue weighted by Gasteiger charge is -2.13. The number of imidazole rings is 1. The summed E-state index contributed by atoms with van der Waals surface area (Å²) in [7, 11) is 0. The number of amides is 1. The van der Waals surface area contributed by atoms with Crippen LogP contribution in [-0.2, 0) is 17.7 Å². The van der Waals surface area contributed by atoms with Gasteiger partial charge in [-0.2, -0.15) is 10.4 Å². The Balaban J connectivity index is 1.59. The van der Waals surface area contributed by atoms with E-state index in [1.54, 1.807) is 10.9 Å². The van der Waals surface area contributed by atoms with Gasteiger partial charge in [-0.3, -0.25) is 13.9 Å². The summed E-state index contributed by atoms with van der Waals surface area (Å²) in [6.45, 7) is 8.22. The van der Waals surface area contributed by atoms with Crippen LogP contribution in [0.2, 0.25) is 0 Å². The summed E-state index contributed by atoms with van der Waals surface area (Å²) in [6, 6.07) is 7.80. The molecule has 4 N–H and O–H groups in total. The average molecular weight is 530 g/mol. The fraction of sp³-hybridized carbons (Fsp3) is 0.393. The maximum atomic E-state index is 12.7. The first-order valence-corrected chi connectivity index (χ1v) is 13.2. The van der Waals surface area contributed by atoms with Crippen molar-refractivity contribution in [1.29, 1.82) is 5.26 Å². The van der Waals surface area contributed by atoms with Gasteiger partial charge in [0.15, 0.2) is 11.5 Å². The largest absolute Gasteiger partial charge is 0.378 e. The summed E-state index contributed by atoms with van der Waals surface area (Å²) in [5, 5.41) is 20.1. The molecule has 4 rings (SSSR count). The van der Waals surface area contributed by atoms with E-state index in [2.05, 4.69) is 45.6 Å². The van der Waals surface area contributed by atoms with Crippen molar-refractivity contribution < 1.29 is 9.53 Å². The molecule has 39 heavy (non-hydrogen) atoms. The molecule has 11 nitrogen and oxygen atoms in total. The molecule has 11 heteroatoms. The van der Waals surface area contributed by atoms with Crippen LogP contribution in [0.25, 0.3) is 16.9 Å². The van der Waals surface area contributed by atoms with Crippen molar-refractivity contribution in [3.05, 3.63) is 59.8 Å². The number of hydrogen-bond acceptors (Lipinski definition) is 8. The molecule has 1 unspecified atom stereocenters. The highest BCUT2D eigenvalue weighted by Crippen LogP contribution is 2.32. The van der Waals surface area contributed by atoms with Crippen molar-refractivity contribution >= 4 is 23.1 Å². The molecule has 1 amide bonds. The monoisotopic (exact) mass is 529 g/mol. The minimum Gasteiger partial charge on any atom is -0.378 e. The normalized spacial score (nSPS) is 11.9. The fourth-order valence-electron chi connectivity index (χ4n) is 4.39. The molecule has 0 aliphatic heterocycles. The Morgan fingerprint density at radius 1 is 1.26 bits per heavy atom. The van der Waals surface area contributed by atoms with Crippen molar-refractivity contribution in [2.24, 2.45) is 5.73 Å². The van der Waals surface area contributed by atoms with E-state index in [0.717, 1.165) is 34.6 Å². The quantitative estimate of drug-likeness (QED) is 0.222. The first-order valence-electron chi connectivity index (χ1n) is 13.2. The van der Waals surface area contributed by atoms with Crippen molar-refractivity contribution in [3.63, 3.8) is 0 Å². The highest BCUT2D eigenvalue weighted by atomic mass is 16.5. The first-order chi connectivity index (χ1) is 19.0. The summed E-state index contributed by atoms with van der Waals surface area (Å²) in [4.78, 5) is 21.9. The number of aryl methyl sites for hydroxylation is 1. The number of hydrogen-bond donors (Lipinski definition) is 3. The number of anilines is 2. The summed E-state index contributed by atoms with van der Waals surface area (Å²) < 4.78 is 8.98. The zero-order valence-corrected chi connectivity index (χ0v) is 22.6. The van der Waals surface area contributed by atoms with Gasteiger partial charge in [0.05, 0.1) is 36.9 Å². The number of nitriles is 1. The van der Waals surface area contributed by atoms with Crippen LogP contribution in [0.15, 0.2) is 43.0 Å². The van der Waals surface area contributed by atoms with E-state index in [9.17, 15) is 4.79 Å². The number of nitrogens with one attached hydrogen (secondary N) is 2. The highest BCUT2D eigenvalue weighted by molar-refractivity contribution is 5.96. The van der Waals surface area contributed by atoms with Crippen LogP contribution in [0.1, 0.15) is 54.7 Å². The molecule has 0 aliphatic carbocycles. The van der Waals surface area contributed by atoms with Gasteiger partial charge in [-0.15, -0.1) is 0 Å². The first kappa shape index (κ1) is 27.8. The summed E-state index contributed by atoms with van der Waals surface area (Å²) >= 11 is 0. The minimum absolute atomic E-state index is 0.137. The maximum absolute atomic E-state index is 12.7. The van der Waals surface area contributed by atoms with Gasteiger partial charge < -0.3 is 21.1 Å².